The van der Waals surface area contributed by atoms with Crippen molar-refractivity contribution in [2.24, 2.45) is 0 Å². The van der Waals surface area contributed by atoms with Crippen LogP contribution in [-0.4, -0.2) is 20.7 Å². The molecule has 0 atom stereocenters. The molecule has 0 radical (unpaired) electrons. The summed E-state index contributed by atoms with van der Waals surface area (Å²) in [6, 6.07) is 3.89. The van der Waals surface area contributed by atoms with Crippen LogP contribution in [0.3, 0.4) is 0 Å². The van der Waals surface area contributed by atoms with Crippen LogP contribution in [0, 0.1) is 6.92 Å². The predicted molar refractivity (Wildman–Crippen MR) is 74.4 cm³/mol. The molecule has 2 heterocycles. The number of aliphatic carboxylic acids is 1. The Morgan fingerprint density at radius 1 is 1.37 bits per heavy atom. The van der Waals surface area contributed by atoms with Crippen LogP contribution in [0.4, 0.5) is 0 Å². The van der Waals surface area contributed by atoms with Crippen LogP contribution in [0.15, 0.2) is 24.5 Å². The van der Waals surface area contributed by atoms with E-state index in [1.807, 2.05) is 39.1 Å². The van der Waals surface area contributed by atoms with Gasteiger partial charge >= 0.3 is 5.97 Å². The Morgan fingerprint density at radius 3 is 2.58 bits per heavy atom. The molecular weight excluding hydrogens is 240 g/mol. The second-order valence-corrected chi connectivity index (χ2v) is 4.82. The summed E-state index contributed by atoms with van der Waals surface area (Å²) in [5.74, 6) is -0.716. The third-order valence-electron chi connectivity index (χ3n) is 3.88. The number of aryl methyl sites for hydroxylation is 1. The number of carboxylic acid groups (broad SMARTS) is 1. The highest BCUT2D eigenvalue weighted by Crippen LogP contribution is 2.43. The number of carboxylic acids is 1. The average Bonchev–Trinajstić information content (AvgIpc) is 2.72. The predicted octanol–water partition coefficient (Wildman–Crippen LogP) is 3.18. The first-order valence-electron chi connectivity index (χ1n) is 6.81. The van der Waals surface area contributed by atoms with Gasteiger partial charge in [-0.2, -0.15) is 5.10 Å². The Kier molecular flexibility index (Phi) is 3.60. The number of hydrogen-bond acceptors (Lipinski definition) is 2. The first kappa shape index (κ1) is 13.6. The van der Waals surface area contributed by atoms with E-state index in [0.717, 1.165) is 35.9 Å². The van der Waals surface area contributed by atoms with E-state index in [1.165, 1.54) is 0 Å². The zero-order valence-corrected chi connectivity index (χ0v) is 11.7. The molecule has 1 fully saturated rings. The lowest BCUT2D eigenvalue weighted by Gasteiger charge is -2.37. The van der Waals surface area contributed by atoms with E-state index in [1.54, 1.807) is 10.7 Å². The molecule has 4 nitrogen and oxygen atoms in total. The number of nitrogens with zero attached hydrogens (tertiary/aromatic N) is 2. The summed E-state index contributed by atoms with van der Waals surface area (Å²) >= 11 is 0. The van der Waals surface area contributed by atoms with Crippen LogP contribution in [0.1, 0.15) is 44.2 Å². The summed E-state index contributed by atoms with van der Waals surface area (Å²) in [6.07, 6.45) is 6.10. The molecular formula is C15H20N2O2. The van der Waals surface area contributed by atoms with Crippen molar-refractivity contribution in [1.29, 1.82) is 0 Å². The summed E-state index contributed by atoms with van der Waals surface area (Å²) in [5.41, 5.74) is 2.34. The standard InChI is InChI=1S/C13H14N2O2.C2H6/c1-9-7-14-15-8-10(3-4-11(9)15)13(12(16)17)5-2-6-13;1-2/h3-4,7-8H,2,5-6H2,1H3,(H,16,17);1-2H3. The highest BCUT2D eigenvalue weighted by atomic mass is 16.4. The van der Waals surface area contributed by atoms with Gasteiger partial charge in [-0.1, -0.05) is 26.3 Å². The SMILES string of the molecule is CC.Cc1cnn2cc(C3(C(=O)O)CCC3)ccc12. The van der Waals surface area contributed by atoms with E-state index in [0.29, 0.717) is 0 Å². The molecule has 1 aliphatic rings. The second kappa shape index (κ2) is 5.03. The van der Waals surface area contributed by atoms with Crippen LogP contribution in [0.2, 0.25) is 0 Å². The lowest BCUT2D eigenvalue weighted by molar-refractivity contribution is -0.147. The number of fused-ring (bicyclic) bond motifs is 1. The fourth-order valence-electron chi connectivity index (χ4n) is 2.55. The molecule has 102 valence electrons. The number of carbonyl (C=O) groups is 1. The molecule has 2 aromatic heterocycles. The summed E-state index contributed by atoms with van der Waals surface area (Å²) in [5, 5.41) is 13.6. The second-order valence-electron chi connectivity index (χ2n) is 4.82. The molecule has 1 aliphatic carbocycles. The topological polar surface area (TPSA) is 54.6 Å². The van der Waals surface area contributed by atoms with E-state index in [4.69, 9.17) is 0 Å². The van der Waals surface area contributed by atoms with Crippen LogP contribution < -0.4 is 0 Å². The van der Waals surface area contributed by atoms with Gasteiger partial charge in [-0.05, 0) is 37.0 Å². The molecule has 0 saturated heterocycles. The van der Waals surface area contributed by atoms with E-state index in [-0.39, 0.29) is 0 Å². The molecule has 4 heteroatoms. The Hall–Kier alpha value is -1.84. The van der Waals surface area contributed by atoms with E-state index in [2.05, 4.69) is 5.10 Å². The molecule has 3 rings (SSSR count). The van der Waals surface area contributed by atoms with Crippen LogP contribution in [0.25, 0.3) is 5.52 Å². The van der Waals surface area contributed by atoms with Gasteiger partial charge in [0.1, 0.15) is 0 Å². The van der Waals surface area contributed by atoms with E-state index in [9.17, 15) is 9.90 Å². The summed E-state index contributed by atoms with van der Waals surface area (Å²) in [6.45, 7) is 6.00. The fraction of sp³-hybridized carbons (Fsp3) is 0.467. The molecule has 0 unspecified atom stereocenters. The molecule has 2 aromatic rings. The van der Waals surface area contributed by atoms with Crippen molar-refractivity contribution in [3.8, 4) is 0 Å². The summed E-state index contributed by atoms with van der Waals surface area (Å²) in [4.78, 5) is 11.4. The minimum atomic E-state index is -0.716. The number of rotatable bonds is 2. The lowest BCUT2D eigenvalue weighted by Crippen LogP contribution is -2.42. The maximum absolute atomic E-state index is 11.4. The smallest absolute Gasteiger partial charge is 0.314 e. The highest BCUT2D eigenvalue weighted by Gasteiger charge is 2.46. The summed E-state index contributed by atoms with van der Waals surface area (Å²) < 4.78 is 1.77. The molecule has 0 amide bonds. The fourth-order valence-corrected chi connectivity index (χ4v) is 2.55. The first-order valence-corrected chi connectivity index (χ1v) is 6.81. The van der Waals surface area contributed by atoms with Gasteiger partial charge in [0.05, 0.1) is 17.1 Å². The Morgan fingerprint density at radius 2 is 2.05 bits per heavy atom. The lowest BCUT2D eigenvalue weighted by atomic mass is 9.65. The first-order chi connectivity index (χ1) is 9.13. The van der Waals surface area contributed by atoms with Crippen molar-refractivity contribution in [2.75, 3.05) is 0 Å². The van der Waals surface area contributed by atoms with Gasteiger partial charge in [0.2, 0.25) is 0 Å². The maximum atomic E-state index is 11.4. The van der Waals surface area contributed by atoms with Gasteiger partial charge < -0.3 is 5.11 Å². The minimum Gasteiger partial charge on any atom is -0.481 e. The van der Waals surface area contributed by atoms with Gasteiger partial charge in [0.15, 0.2) is 0 Å². The average molecular weight is 260 g/mol. The number of pyridine rings is 1. The minimum absolute atomic E-state index is 0.673. The monoisotopic (exact) mass is 260 g/mol. The van der Waals surface area contributed by atoms with Crippen LogP contribution >= 0.6 is 0 Å². The van der Waals surface area contributed by atoms with Crippen molar-refractivity contribution < 1.29 is 9.90 Å². The molecule has 1 N–H and O–H groups in total. The molecule has 0 aromatic carbocycles. The largest absolute Gasteiger partial charge is 0.481 e. The molecule has 0 bridgehead atoms. The van der Waals surface area contributed by atoms with Crippen molar-refractivity contribution >= 4 is 11.5 Å². The van der Waals surface area contributed by atoms with Gasteiger partial charge in [-0.25, -0.2) is 4.52 Å². The molecule has 19 heavy (non-hydrogen) atoms. The maximum Gasteiger partial charge on any atom is 0.314 e. The number of aromatic nitrogens is 2. The van der Waals surface area contributed by atoms with Gasteiger partial charge in [0, 0.05) is 6.20 Å². The third kappa shape index (κ3) is 2.01. The Balaban J connectivity index is 0.000000637. The van der Waals surface area contributed by atoms with E-state index < -0.39 is 11.4 Å². The highest BCUT2D eigenvalue weighted by molar-refractivity contribution is 5.82. The van der Waals surface area contributed by atoms with Gasteiger partial charge in [-0.3, -0.25) is 4.79 Å². The van der Waals surface area contributed by atoms with Crippen LogP contribution in [-0.2, 0) is 10.2 Å². The Bertz CT molecular complexity index is 597. The van der Waals surface area contributed by atoms with Crippen molar-refractivity contribution in [1.82, 2.24) is 9.61 Å². The van der Waals surface area contributed by atoms with Crippen LogP contribution in [0.5, 0.6) is 0 Å². The van der Waals surface area contributed by atoms with Crippen molar-refractivity contribution in [3.63, 3.8) is 0 Å². The zero-order chi connectivity index (χ0) is 14.0. The summed E-state index contributed by atoms with van der Waals surface area (Å²) in [7, 11) is 0. The molecule has 0 spiro atoms. The van der Waals surface area contributed by atoms with Crippen molar-refractivity contribution in [3.05, 3.63) is 35.7 Å². The van der Waals surface area contributed by atoms with Crippen molar-refractivity contribution in [2.45, 2.75) is 45.4 Å². The van der Waals surface area contributed by atoms with E-state index >= 15 is 0 Å². The third-order valence-corrected chi connectivity index (χ3v) is 3.88. The molecule has 1 saturated carbocycles. The zero-order valence-electron chi connectivity index (χ0n) is 11.7. The normalized spacial score (nSPS) is 16.4. The van der Waals surface area contributed by atoms with Gasteiger partial charge in [-0.15, -0.1) is 0 Å². The van der Waals surface area contributed by atoms with Gasteiger partial charge in [0.25, 0.3) is 0 Å². The molecule has 0 aliphatic heterocycles. The number of hydrogen-bond donors (Lipinski definition) is 1. The quantitative estimate of drug-likeness (QED) is 0.902. The Labute approximate surface area is 113 Å².